The van der Waals surface area contributed by atoms with E-state index in [1.165, 1.54) is 0 Å². The molecule has 0 fully saturated rings. The van der Waals surface area contributed by atoms with Gasteiger partial charge in [-0.3, -0.25) is 4.79 Å². The summed E-state index contributed by atoms with van der Waals surface area (Å²) in [5.74, 6) is 0.0626. The van der Waals surface area contributed by atoms with Gasteiger partial charge in [-0.05, 0) is 42.3 Å². The van der Waals surface area contributed by atoms with Crippen molar-refractivity contribution in [1.29, 1.82) is 0 Å². The summed E-state index contributed by atoms with van der Waals surface area (Å²) >= 11 is 0. The number of hydrogen-bond acceptors (Lipinski definition) is 2. The molecule has 16 heavy (non-hydrogen) atoms. The number of rotatable bonds is 2. The average molecular weight is 214 g/mol. The van der Waals surface area contributed by atoms with Gasteiger partial charge in [-0.25, -0.2) is 0 Å². The standard InChI is InChI=1S/C13H13NO2/c1-8-5-10-6-11(14-7-15)3-4-12(10)13(16)9(8)2/h3-7,16H,1-2H3,(H,14,15)/p-1. The second-order valence-corrected chi connectivity index (χ2v) is 3.85. The maximum Gasteiger partial charge on any atom is 0.211 e. The monoisotopic (exact) mass is 214 g/mol. The van der Waals surface area contributed by atoms with E-state index in [0.717, 1.165) is 16.5 Å². The van der Waals surface area contributed by atoms with Gasteiger partial charge < -0.3 is 10.4 Å². The molecule has 0 radical (unpaired) electrons. The fraction of sp³-hybridized carbons (Fsp3) is 0.154. The van der Waals surface area contributed by atoms with Gasteiger partial charge in [-0.2, -0.15) is 0 Å². The van der Waals surface area contributed by atoms with Gasteiger partial charge in [0.2, 0.25) is 6.41 Å². The first kappa shape index (κ1) is 10.5. The lowest BCUT2D eigenvalue weighted by Crippen LogP contribution is -1.98. The first-order chi connectivity index (χ1) is 7.63. The van der Waals surface area contributed by atoms with E-state index in [2.05, 4.69) is 5.32 Å². The van der Waals surface area contributed by atoms with E-state index in [0.29, 0.717) is 17.5 Å². The van der Waals surface area contributed by atoms with Crippen LogP contribution in [-0.2, 0) is 4.79 Å². The number of anilines is 1. The lowest BCUT2D eigenvalue weighted by molar-refractivity contribution is -0.266. The molecule has 0 unspecified atom stereocenters. The van der Waals surface area contributed by atoms with Gasteiger partial charge >= 0.3 is 0 Å². The Labute approximate surface area is 93.7 Å². The molecule has 0 spiro atoms. The number of fused-ring (bicyclic) bond motifs is 1. The van der Waals surface area contributed by atoms with Crippen LogP contribution in [0.25, 0.3) is 10.8 Å². The van der Waals surface area contributed by atoms with Crippen molar-refractivity contribution in [2.24, 2.45) is 0 Å². The zero-order valence-electron chi connectivity index (χ0n) is 9.20. The Balaban J connectivity index is 2.70. The number of carbonyl (C=O) groups is 1. The van der Waals surface area contributed by atoms with Crippen LogP contribution >= 0.6 is 0 Å². The smallest absolute Gasteiger partial charge is 0.211 e. The molecular weight excluding hydrogens is 202 g/mol. The lowest BCUT2D eigenvalue weighted by Gasteiger charge is -2.17. The maximum absolute atomic E-state index is 11.9. The number of carbonyl (C=O) groups excluding carboxylic acids is 1. The van der Waals surface area contributed by atoms with Crippen LogP contribution in [0.2, 0.25) is 0 Å². The van der Waals surface area contributed by atoms with Gasteiger partial charge in [-0.1, -0.05) is 23.4 Å². The summed E-state index contributed by atoms with van der Waals surface area (Å²) in [6, 6.07) is 7.24. The highest BCUT2D eigenvalue weighted by Gasteiger charge is 2.01. The van der Waals surface area contributed by atoms with E-state index in [4.69, 9.17) is 0 Å². The topological polar surface area (TPSA) is 52.2 Å². The average Bonchev–Trinajstić information content (AvgIpc) is 2.26. The Morgan fingerprint density at radius 2 is 2.00 bits per heavy atom. The van der Waals surface area contributed by atoms with Crippen molar-refractivity contribution in [3.05, 3.63) is 35.4 Å². The van der Waals surface area contributed by atoms with Crippen LogP contribution in [0.5, 0.6) is 5.75 Å². The van der Waals surface area contributed by atoms with Crippen LogP contribution in [0, 0.1) is 13.8 Å². The third-order valence-electron chi connectivity index (χ3n) is 2.83. The van der Waals surface area contributed by atoms with Crippen molar-refractivity contribution in [1.82, 2.24) is 0 Å². The van der Waals surface area contributed by atoms with Gasteiger partial charge in [-0.15, -0.1) is 0 Å². The van der Waals surface area contributed by atoms with Crippen LogP contribution in [0.4, 0.5) is 5.69 Å². The molecule has 0 bridgehead atoms. The molecule has 3 nitrogen and oxygen atoms in total. The van der Waals surface area contributed by atoms with Gasteiger partial charge in [0, 0.05) is 5.69 Å². The molecule has 0 aliphatic carbocycles. The summed E-state index contributed by atoms with van der Waals surface area (Å²) in [6.07, 6.45) is 0.625. The van der Waals surface area contributed by atoms with Crippen molar-refractivity contribution in [3.63, 3.8) is 0 Å². The quantitative estimate of drug-likeness (QED) is 0.778. The Kier molecular flexibility index (Phi) is 2.52. The molecule has 0 aromatic heterocycles. The predicted octanol–water partition coefficient (Wildman–Crippen LogP) is 2.10. The number of benzene rings is 2. The minimum absolute atomic E-state index is 0.0626. The molecule has 0 saturated heterocycles. The summed E-state index contributed by atoms with van der Waals surface area (Å²) in [7, 11) is 0. The van der Waals surface area contributed by atoms with Gasteiger partial charge in [0.05, 0.1) is 0 Å². The second-order valence-electron chi connectivity index (χ2n) is 3.85. The molecule has 0 aliphatic heterocycles. The Bertz CT molecular complexity index is 561. The van der Waals surface area contributed by atoms with Crippen molar-refractivity contribution >= 4 is 22.9 Å². The van der Waals surface area contributed by atoms with Gasteiger partial charge in [0.15, 0.2) is 0 Å². The van der Waals surface area contributed by atoms with E-state index < -0.39 is 0 Å². The van der Waals surface area contributed by atoms with Crippen LogP contribution in [0.1, 0.15) is 11.1 Å². The molecule has 0 saturated carbocycles. The molecule has 1 N–H and O–H groups in total. The highest BCUT2D eigenvalue weighted by molar-refractivity contribution is 5.93. The van der Waals surface area contributed by atoms with Crippen LogP contribution in [0.3, 0.4) is 0 Å². The van der Waals surface area contributed by atoms with Crippen LogP contribution in [-0.4, -0.2) is 6.41 Å². The molecule has 82 valence electrons. The lowest BCUT2D eigenvalue weighted by atomic mass is 10.0. The van der Waals surface area contributed by atoms with Crippen molar-refractivity contribution in [3.8, 4) is 5.75 Å². The fourth-order valence-corrected chi connectivity index (χ4v) is 1.77. The molecule has 0 atom stereocenters. The maximum atomic E-state index is 11.9. The van der Waals surface area contributed by atoms with E-state index in [-0.39, 0.29) is 5.75 Å². The van der Waals surface area contributed by atoms with E-state index in [1.54, 1.807) is 18.2 Å². The van der Waals surface area contributed by atoms with Gasteiger partial charge in [0.1, 0.15) is 0 Å². The highest BCUT2D eigenvalue weighted by atomic mass is 16.3. The van der Waals surface area contributed by atoms with E-state index in [9.17, 15) is 9.90 Å². The zero-order valence-corrected chi connectivity index (χ0v) is 9.20. The largest absolute Gasteiger partial charge is 0.872 e. The van der Waals surface area contributed by atoms with Crippen LogP contribution in [0.15, 0.2) is 24.3 Å². The Hall–Kier alpha value is -2.03. The first-order valence-corrected chi connectivity index (χ1v) is 5.04. The highest BCUT2D eigenvalue weighted by Crippen LogP contribution is 2.30. The summed E-state index contributed by atoms with van der Waals surface area (Å²) in [5.41, 5.74) is 2.45. The van der Waals surface area contributed by atoms with Crippen LogP contribution < -0.4 is 10.4 Å². The first-order valence-electron chi connectivity index (χ1n) is 5.04. The molecule has 2 aromatic carbocycles. The Morgan fingerprint density at radius 3 is 2.69 bits per heavy atom. The van der Waals surface area contributed by atoms with Gasteiger partial charge in [0.25, 0.3) is 0 Å². The predicted molar refractivity (Wildman–Crippen MR) is 62.6 cm³/mol. The summed E-state index contributed by atoms with van der Waals surface area (Å²) in [4.78, 5) is 10.3. The normalized spacial score (nSPS) is 10.4. The molecule has 2 rings (SSSR count). The fourth-order valence-electron chi connectivity index (χ4n) is 1.77. The third kappa shape index (κ3) is 1.60. The van der Waals surface area contributed by atoms with Crippen molar-refractivity contribution < 1.29 is 9.90 Å². The number of nitrogens with one attached hydrogen (secondary N) is 1. The summed E-state index contributed by atoms with van der Waals surface area (Å²) in [6.45, 7) is 3.74. The second kappa shape index (κ2) is 3.85. The minimum Gasteiger partial charge on any atom is -0.872 e. The van der Waals surface area contributed by atoms with Crippen molar-refractivity contribution in [2.45, 2.75) is 13.8 Å². The summed E-state index contributed by atoms with van der Waals surface area (Å²) in [5, 5.41) is 16.1. The Morgan fingerprint density at radius 1 is 1.25 bits per heavy atom. The van der Waals surface area contributed by atoms with E-state index >= 15 is 0 Å². The number of amides is 1. The summed E-state index contributed by atoms with van der Waals surface area (Å²) < 4.78 is 0. The SMILES string of the molecule is Cc1cc2cc(NC=O)ccc2c([O-])c1C. The van der Waals surface area contributed by atoms with E-state index in [1.807, 2.05) is 19.9 Å². The van der Waals surface area contributed by atoms with Crippen molar-refractivity contribution in [2.75, 3.05) is 5.32 Å². The molecule has 1 amide bonds. The molecular formula is C13H12NO2-. The molecule has 0 heterocycles. The number of hydrogen-bond donors (Lipinski definition) is 1. The molecule has 3 heteroatoms. The minimum atomic E-state index is 0.0626. The number of aryl methyl sites for hydroxylation is 1. The molecule has 2 aromatic rings. The molecule has 0 aliphatic rings. The zero-order chi connectivity index (χ0) is 11.7. The third-order valence-corrected chi connectivity index (χ3v) is 2.83.